The molecule has 0 bridgehead atoms. The van der Waals surface area contributed by atoms with Gasteiger partial charge < -0.3 is 5.73 Å². The zero-order valence-corrected chi connectivity index (χ0v) is 12.6. The lowest BCUT2D eigenvalue weighted by atomic mass is 9.93. The van der Waals surface area contributed by atoms with Crippen molar-refractivity contribution in [2.75, 3.05) is 13.1 Å². The van der Waals surface area contributed by atoms with Crippen molar-refractivity contribution in [3.05, 3.63) is 16.1 Å². The van der Waals surface area contributed by atoms with Gasteiger partial charge in [0.05, 0.1) is 17.2 Å². The lowest BCUT2D eigenvalue weighted by molar-refractivity contribution is 0.320. The third-order valence-corrected chi connectivity index (χ3v) is 3.47. The van der Waals surface area contributed by atoms with E-state index in [1.165, 1.54) is 0 Å². The Balaban J connectivity index is 2.68. The Morgan fingerprint density at radius 1 is 1.53 bits per heavy atom. The van der Waals surface area contributed by atoms with Gasteiger partial charge in [0.25, 0.3) is 0 Å². The highest BCUT2D eigenvalue weighted by molar-refractivity contribution is 7.80. The number of nitrogens with zero attached hydrogens (tertiary/aromatic N) is 2. The van der Waals surface area contributed by atoms with Gasteiger partial charge in [-0.1, -0.05) is 39.9 Å². The van der Waals surface area contributed by atoms with Gasteiger partial charge in [-0.2, -0.15) is 0 Å². The van der Waals surface area contributed by atoms with E-state index < -0.39 is 0 Å². The monoisotopic (exact) mass is 271 g/mol. The van der Waals surface area contributed by atoms with E-state index >= 15 is 0 Å². The SMILES string of the molecule is CCN(CC(N)=S)Cc1nc(C(C)(C)C)cs1. The molecule has 2 N–H and O–H groups in total. The van der Waals surface area contributed by atoms with Crippen LogP contribution in [0, 0.1) is 0 Å². The molecule has 3 nitrogen and oxygen atoms in total. The Hall–Kier alpha value is -0.520. The third kappa shape index (κ3) is 4.69. The molecule has 0 saturated carbocycles. The van der Waals surface area contributed by atoms with Crippen LogP contribution in [0.3, 0.4) is 0 Å². The summed E-state index contributed by atoms with van der Waals surface area (Å²) in [4.78, 5) is 7.41. The summed E-state index contributed by atoms with van der Waals surface area (Å²) in [5.41, 5.74) is 6.85. The standard InChI is InChI=1S/C12H21N3S2/c1-5-15(6-10(13)16)7-11-14-9(8-17-11)12(2,3)4/h8H,5-7H2,1-4H3,(H2,13,16). The third-order valence-electron chi connectivity index (χ3n) is 2.51. The van der Waals surface area contributed by atoms with Crippen LogP contribution in [-0.2, 0) is 12.0 Å². The van der Waals surface area contributed by atoms with Gasteiger partial charge in [0.15, 0.2) is 0 Å². The first-order valence-corrected chi connectivity index (χ1v) is 7.07. The maximum absolute atomic E-state index is 5.57. The van der Waals surface area contributed by atoms with Crippen LogP contribution in [-0.4, -0.2) is 28.0 Å². The van der Waals surface area contributed by atoms with Crippen LogP contribution in [0.15, 0.2) is 5.38 Å². The fraction of sp³-hybridized carbons (Fsp3) is 0.667. The molecule has 0 amide bonds. The Morgan fingerprint density at radius 3 is 2.59 bits per heavy atom. The zero-order chi connectivity index (χ0) is 13.1. The fourth-order valence-corrected chi connectivity index (χ4v) is 2.66. The predicted octanol–water partition coefficient (Wildman–Crippen LogP) is 2.55. The van der Waals surface area contributed by atoms with E-state index in [1.54, 1.807) is 11.3 Å². The molecule has 0 fully saturated rings. The molecule has 1 rings (SSSR count). The highest BCUT2D eigenvalue weighted by Crippen LogP contribution is 2.24. The van der Waals surface area contributed by atoms with E-state index in [0.717, 1.165) is 23.8 Å². The van der Waals surface area contributed by atoms with Gasteiger partial charge in [0.1, 0.15) is 5.01 Å². The van der Waals surface area contributed by atoms with Gasteiger partial charge in [-0.3, -0.25) is 4.90 Å². The van der Waals surface area contributed by atoms with Gasteiger partial charge in [-0.05, 0) is 6.54 Å². The molecule has 0 aliphatic rings. The molecule has 1 aromatic heterocycles. The Kier molecular flexibility index (Phi) is 5.04. The molecule has 5 heteroatoms. The van der Waals surface area contributed by atoms with Crippen molar-refractivity contribution >= 4 is 28.5 Å². The molecule has 0 unspecified atom stereocenters. The highest BCUT2D eigenvalue weighted by Gasteiger charge is 2.18. The summed E-state index contributed by atoms with van der Waals surface area (Å²) < 4.78 is 0. The lowest BCUT2D eigenvalue weighted by Gasteiger charge is -2.18. The second-order valence-corrected chi connectivity index (χ2v) is 6.61. The summed E-state index contributed by atoms with van der Waals surface area (Å²) in [6, 6.07) is 0. The van der Waals surface area contributed by atoms with Crippen LogP contribution in [0.2, 0.25) is 0 Å². The zero-order valence-electron chi connectivity index (χ0n) is 11.0. The van der Waals surface area contributed by atoms with E-state index in [-0.39, 0.29) is 5.41 Å². The Bertz CT molecular complexity index is 379. The smallest absolute Gasteiger partial charge is 0.107 e. The second-order valence-electron chi connectivity index (χ2n) is 5.15. The predicted molar refractivity (Wildman–Crippen MR) is 78.6 cm³/mol. The molecule has 0 aromatic carbocycles. The molecule has 0 spiro atoms. The minimum Gasteiger partial charge on any atom is -0.392 e. The summed E-state index contributed by atoms with van der Waals surface area (Å²) in [6.45, 7) is 11.1. The molecule has 0 radical (unpaired) electrons. The van der Waals surface area contributed by atoms with Gasteiger partial charge in [-0.15, -0.1) is 11.3 Å². The van der Waals surface area contributed by atoms with Crippen LogP contribution >= 0.6 is 23.6 Å². The highest BCUT2D eigenvalue weighted by atomic mass is 32.1. The van der Waals surface area contributed by atoms with E-state index in [4.69, 9.17) is 18.0 Å². The van der Waals surface area contributed by atoms with Gasteiger partial charge in [-0.25, -0.2) is 4.98 Å². The molecule has 1 aromatic rings. The first-order valence-electron chi connectivity index (χ1n) is 5.78. The molecular weight excluding hydrogens is 250 g/mol. The van der Waals surface area contributed by atoms with Crippen molar-refractivity contribution in [3.63, 3.8) is 0 Å². The van der Waals surface area contributed by atoms with Crippen LogP contribution in [0.5, 0.6) is 0 Å². The largest absolute Gasteiger partial charge is 0.392 e. The number of rotatable bonds is 5. The molecule has 17 heavy (non-hydrogen) atoms. The quantitative estimate of drug-likeness (QED) is 0.836. The van der Waals surface area contributed by atoms with Gasteiger partial charge in [0, 0.05) is 17.3 Å². The van der Waals surface area contributed by atoms with Crippen molar-refractivity contribution in [1.82, 2.24) is 9.88 Å². The van der Waals surface area contributed by atoms with Crippen molar-refractivity contribution in [2.24, 2.45) is 5.73 Å². The van der Waals surface area contributed by atoms with Crippen LogP contribution in [0.25, 0.3) is 0 Å². The van der Waals surface area contributed by atoms with E-state index in [0.29, 0.717) is 11.5 Å². The molecule has 0 aliphatic heterocycles. The minimum atomic E-state index is 0.120. The Labute approximate surface area is 113 Å². The van der Waals surface area contributed by atoms with Crippen LogP contribution < -0.4 is 5.73 Å². The fourth-order valence-electron chi connectivity index (χ4n) is 1.42. The number of aromatic nitrogens is 1. The number of nitrogens with two attached hydrogens (primary N) is 1. The number of likely N-dealkylation sites (N-methyl/N-ethyl adjacent to an activating group) is 1. The van der Waals surface area contributed by atoms with Gasteiger partial charge >= 0.3 is 0 Å². The number of hydrogen-bond donors (Lipinski definition) is 1. The lowest BCUT2D eigenvalue weighted by Crippen LogP contribution is -2.32. The number of thiocarbonyl (C=S) groups is 1. The summed E-state index contributed by atoms with van der Waals surface area (Å²) in [7, 11) is 0. The summed E-state index contributed by atoms with van der Waals surface area (Å²) >= 11 is 6.65. The van der Waals surface area contributed by atoms with Crippen LogP contribution in [0.4, 0.5) is 0 Å². The van der Waals surface area contributed by atoms with E-state index in [1.807, 2.05) is 0 Å². The van der Waals surface area contributed by atoms with Crippen molar-refractivity contribution < 1.29 is 0 Å². The molecule has 0 atom stereocenters. The Morgan fingerprint density at radius 2 is 2.18 bits per heavy atom. The average molecular weight is 271 g/mol. The summed E-state index contributed by atoms with van der Waals surface area (Å²) in [5, 5.41) is 3.28. The molecule has 0 aliphatic carbocycles. The first-order chi connectivity index (χ1) is 7.82. The van der Waals surface area contributed by atoms with Gasteiger partial charge in [0.2, 0.25) is 0 Å². The van der Waals surface area contributed by atoms with E-state index in [2.05, 4.69) is 43.0 Å². The topological polar surface area (TPSA) is 42.1 Å². The van der Waals surface area contributed by atoms with Crippen molar-refractivity contribution in [1.29, 1.82) is 0 Å². The molecule has 96 valence electrons. The van der Waals surface area contributed by atoms with Crippen molar-refractivity contribution in [3.8, 4) is 0 Å². The van der Waals surface area contributed by atoms with Crippen molar-refractivity contribution in [2.45, 2.75) is 39.7 Å². The number of thiazole rings is 1. The maximum Gasteiger partial charge on any atom is 0.107 e. The first kappa shape index (κ1) is 14.5. The minimum absolute atomic E-state index is 0.120. The molecular formula is C12H21N3S2. The molecule has 1 heterocycles. The second kappa shape index (κ2) is 5.89. The summed E-state index contributed by atoms with van der Waals surface area (Å²) in [5.74, 6) is 0. The number of hydrogen-bond acceptors (Lipinski definition) is 4. The van der Waals surface area contributed by atoms with Crippen LogP contribution in [0.1, 0.15) is 38.4 Å². The molecule has 0 saturated heterocycles. The van der Waals surface area contributed by atoms with E-state index in [9.17, 15) is 0 Å². The average Bonchev–Trinajstić information content (AvgIpc) is 2.63. The normalized spacial score (nSPS) is 12.1. The maximum atomic E-state index is 5.57. The summed E-state index contributed by atoms with van der Waals surface area (Å²) in [6.07, 6.45) is 0.